The van der Waals surface area contributed by atoms with Crippen molar-refractivity contribution in [2.45, 2.75) is 50.6 Å². The Morgan fingerprint density at radius 2 is 1.81 bits per heavy atom. The number of nitrogens with two attached hydrogens (primary N) is 1. The smallest absolute Gasteiger partial charge is 0.217 e. The molecule has 92 valence electrons. The predicted octanol–water partition coefficient (Wildman–Crippen LogP) is 1.45. The van der Waals surface area contributed by atoms with Crippen LogP contribution in [0, 0.1) is 17.8 Å². The van der Waals surface area contributed by atoms with Crippen molar-refractivity contribution in [2.75, 3.05) is 0 Å². The molecule has 3 N–H and O–H groups in total. The summed E-state index contributed by atoms with van der Waals surface area (Å²) in [7, 11) is 0. The quantitative estimate of drug-likeness (QED) is 0.734. The van der Waals surface area contributed by atoms with Gasteiger partial charge in [0.2, 0.25) is 5.91 Å². The lowest BCUT2D eigenvalue weighted by Crippen LogP contribution is -2.65. The lowest BCUT2D eigenvalue weighted by molar-refractivity contribution is -0.125. The van der Waals surface area contributed by atoms with E-state index >= 15 is 0 Å². The van der Waals surface area contributed by atoms with Crippen molar-refractivity contribution in [3.63, 3.8) is 0 Å². The number of hydrogen-bond donors (Lipinski definition) is 2. The van der Waals surface area contributed by atoms with E-state index in [2.05, 4.69) is 5.32 Å². The standard InChI is InChI=1S/C12H20N2O.ClH/c1-7(15)14-12-4-8-2-9(5-12)11(13)10(3-8)6-12;/h8-11H,2-6,13H2,1H3,(H,14,15);1H/t8?,9-,10?,11-,12-;/m0./s1. The largest absolute Gasteiger partial charge is 0.351 e. The van der Waals surface area contributed by atoms with Gasteiger partial charge in [-0.2, -0.15) is 0 Å². The third kappa shape index (κ3) is 1.74. The molecule has 0 aromatic carbocycles. The normalized spacial score (nSPS) is 48.6. The fourth-order valence-electron chi connectivity index (χ4n) is 4.59. The number of rotatable bonds is 1. The van der Waals surface area contributed by atoms with Gasteiger partial charge in [0, 0.05) is 18.5 Å². The summed E-state index contributed by atoms with van der Waals surface area (Å²) in [6.07, 6.45) is 6.06. The molecule has 0 aliphatic heterocycles. The van der Waals surface area contributed by atoms with Crippen LogP contribution in [0.2, 0.25) is 0 Å². The van der Waals surface area contributed by atoms with Crippen LogP contribution in [-0.2, 0) is 4.79 Å². The summed E-state index contributed by atoms with van der Waals surface area (Å²) in [6, 6.07) is 0.406. The van der Waals surface area contributed by atoms with Crippen LogP contribution in [0.3, 0.4) is 0 Å². The first-order chi connectivity index (χ1) is 7.08. The molecule has 2 unspecified atom stereocenters. The van der Waals surface area contributed by atoms with Crippen LogP contribution in [0.25, 0.3) is 0 Å². The average molecular weight is 245 g/mol. The molecule has 0 aromatic heterocycles. The van der Waals surface area contributed by atoms with Gasteiger partial charge in [0.1, 0.15) is 0 Å². The zero-order valence-corrected chi connectivity index (χ0v) is 10.6. The lowest BCUT2D eigenvalue weighted by atomic mass is 9.51. The van der Waals surface area contributed by atoms with E-state index in [1.807, 2.05) is 0 Å². The zero-order chi connectivity index (χ0) is 10.6. The number of nitrogens with one attached hydrogen (secondary N) is 1. The molecule has 1 amide bonds. The van der Waals surface area contributed by atoms with Gasteiger partial charge in [-0.15, -0.1) is 12.4 Å². The van der Waals surface area contributed by atoms with Crippen LogP contribution in [0.15, 0.2) is 0 Å². The van der Waals surface area contributed by atoms with Crippen molar-refractivity contribution < 1.29 is 4.79 Å². The fourth-order valence-corrected chi connectivity index (χ4v) is 4.59. The van der Waals surface area contributed by atoms with Crippen LogP contribution in [0.1, 0.15) is 39.0 Å². The van der Waals surface area contributed by atoms with Crippen molar-refractivity contribution >= 4 is 18.3 Å². The average Bonchev–Trinajstić information content (AvgIpc) is 2.10. The van der Waals surface area contributed by atoms with Gasteiger partial charge in [-0.3, -0.25) is 4.79 Å². The summed E-state index contributed by atoms with van der Waals surface area (Å²) < 4.78 is 0. The Morgan fingerprint density at radius 3 is 2.31 bits per heavy atom. The first-order valence-corrected chi connectivity index (χ1v) is 6.12. The molecule has 0 aromatic rings. The lowest BCUT2D eigenvalue weighted by Gasteiger charge is -2.59. The molecule has 0 radical (unpaired) electrons. The van der Waals surface area contributed by atoms with Crippen LogP contribution >= 0.6 is 12.4 Å². The summed E-state index contributed by atoms with van der Waals surface area (Å²) in [4.78, 5) is 11.3. The van der Waals surface area contributed by atoms with E-state index in [-0.39, 0.29) is 23.9 Å². The predicted molar refractivity (Wildman–Crippen MR) is 65.3 cm³/mol. The summed E-state index contributed by atoms with van der Waals surface area (Å²) in [6.45, 7) is 1.64. The minimum Gasteiger partial charge on any atom is -0.351 e. The van der Waals surface area contributed by atoms with Crippen LogP contribution in [0.5, 0.6) is 0 Å². The maximum atomic E-state index is 11.3. The second-order valence-corrected chi connectivity index (χ2v) is 6.01. The molecule has 4 rings (SSSR count). The van der Waals surface area contributed by atoms with Crippen LogP contribution < -0.4 is 11.1 Å². The van der Waals surface area contributed by atoms with Gasteiger partial charge in [-0.1, -0.05) is 0 Å². The van der Waals surface area contributed by atoms with E-state index in [0.717, 1.165) is 18.8 Å². The Hall–Kier alpha value is -0.280. The summed E-state index contributed by atoms with van der Waals surface area (Å²) in [5.74, 6) is 2.30. The number of carbonyl (C=O) groups excluding carboxylic acids is 1. The SMILES string of the molecule is CC(=O)N[C@]12CC3CC(C1)[C@@H](N)[C@@H](C3)C2.Cl. The maximum absolute atomic E-state index is 11.3. The summed E-state index contributed by atoms with van der Waals surface area (Å²) >= 11 is 0. The van der Waals surface area contributed by atoms with Crippen molar-refractivity contribution in [3.8, 4) is 0 Å². The molecule has 4 heteroatoms. The van der Waals surface area contributed by atoms with E-state index in [0.29, 0.717) is 17.9 Å². The number of carbonyl (C=O) groups is 1. The third-order valence-corrected chi connectivity index (χ3v) is 4.79. The van der Waals surface area contributed by atoms with Crippen molar-refractivity contribution in [1.82, 2.24) is 5.32 Å². The van der Waals surface area contributed by atoms with Crippen LogP contribution in [-0.4, -0.2) is 17.5 Å². The molecule has 4 saturated carbocycles. The molecule has 0 heterocycles. The summed E-state index contributed by atoms with van der Waals surface area (Å²) in [5, 5.41) is 3.21. The third-order valence-electron chi connectivity index (χ3n) is 4.79. The molecule has 3 nitrogen and oxygen atoms in total. The summed E-state index contributed by atoms with van der Waals surface area (Å²) in [5.41, 5.74) is 6.37. The molecule has 4 aliphatic rings. The van der Waals surface area contributed by atoms with E-state index in [4.69, 9.17) is 5.73 Å². The fraction of sp³-hybridized carbons (Fsp3) is 0.917. The molecule has 4 aliphatic carbocycles. The van der Waals surface area contributed by atoms with Gasteiger partial charge in [0.25, 0.3) is 0 Å². The Balaban J connectivity index is 0.000000963. The molecule has 5 atom stereocenters. The van der Waals surface area contributed by atoms with Crippen LogP contribution in [0.4, 0.5) is 0 Å². The topological polar surface area (TPSA) is 55.1 Å². The van der Waals surface area contributed by atoms with E-state index in [1.165, 1.54) is 19.3 Å². The molecule has 0 spiro atoms. The monoisotopic (exact) mass is 244 g/mol. The van der Waals surface area contributed by atoms with Gasteiger partial charge in [-0.05, 0) is 49.9 Å². The second-order valence-electron chi connectivity index (χ2n) is 6.01. The number of hydrogen-bond acceptors (Lipinski definition) is 2. The van der Waals surface area contributed by atoms with Gasteiger partial charge in [-0.25, -0.2) is 0 Å². The zero-order valence-electron chi connectivity index (χ0n) is 9.74. The molecular formula is C12H21ClN2O. The minimum absolute atomic E-state index is 0. The highest BCUT2D eigenvalue weighted by atomic mass is 35.5. The Labute approximate surface area is 103 Å². The molecular weight excluding hydrogens is 224 g/mol. The highest BCUT2D eigenvalue weighted by Gasteiger charge is 2.54. The number of halogens is 1. The number of amides is 1. The Kier molecular flexibility index (Phi) is 2.96. The van der Waals surface area contributed by atoms with E-state index in [1.54, 1.807) is 6.92 Å². The van der Waals surface area contributed by atoms with Crippen molar-refractivity contribution in [3.05, 3.63) is 0 Å². The van der Waals surface area contributed by atoms with Crippen molar-refractivity contribution in [2.24, 2.45) is 23.5 Å². The maximum Gasteiger partial charge on any atom is 0.217 e. The van der Waals surface area contributed by atoms with Gasteiger partial charge < -0.3 is 11.1 Å². The van der Waals surface area contributed by atoms with Gasteiger partial charge in [0.05, 0.1) is 0 Å². The van der Waals surface area contributed by atoms with Gasteiger partial charge in [0.15, 0.2) is 0 Å². The Morgan fingerprint density at radius 1 is 1.25 bits per heavy atom. The Bertz CT molecular complexity index is 291. The van der Waals surface area contributed by atoms with Crippen molar-refractivity contribution in [1.29, 1.82) is 0 Å². The van der Waals surface area contributed by atoms with Gasteiger partial charge >= 0.3 is 0 Å². The highest BCUT2D eigenvalue weighted by Crippen LogP contribution is 2.55. The highest BCUT2D eigenvalue weighted by molar-refractivity contribution is 5.85. The first kappa shape index (κ1) is 12.2. The minimum atomic E-state index is 0. The second kappa shape index (κ2) is 3.88. The first-order valence-electron chi connectivity index (χ1n) is 6.12. The molecule has 4 bridgehead atoms. The molecule has 4 fully saturated rings. The molecule has 16 heavy (non-hydrogen) atoms. The van der Waals surface area contributed by atoms with E-state index < -0.39 is 0 Å². The van der Waals surface area contributed by atoms with E-state index in [9.17, 15) is 4.79 Å². The molecule has 0 saturated heterocycles.